The maximum absolute atomic E-state index is 10.2. The largest absolute Gasteiger partial charge is 0.488 e. The summed E-state index contributed by atoms with van der Waals surface area (Å²) in [7, 11) is 1.90. The average Bonchev–Trinajstić information content (AvgIpc) is 2.81. The summed E-state index contributed by atoms with van der Waals surface area (Å²) < 4.78 is 7.51. The Bertz CT molecular complexity index is 556. The lowest BCUT2D eigenvalue weighted by Gasteiger charge is -2.20. The van der Waals surface area contributed by atoms with E-state index in [2.05, 4.69) is 5.10 Å². The molecule has 0 spiro atoms. The molecule has 1 aromatic heterocycles. The van der Waals surface area contributed by atoms with E-state index in [1.165, 1.54) is 0 Å². The second-order valence-corrected chi connectivity index (χ2v) is 5.27. The highest BCUT2D eigenvalue weighted by Crippen LogP contribution is 2.20. The summed E-state index contributed by atoms with van der Waals surface area (Å²) in [6.45, 7) is 1.86. The van der Waals surface area contributed by atoms with Crippen LogP contribution in [0.4, 0.5) is 0 Å². The van der Waals surface area contributed by atoms with Gasteiger partial charge < -0.3 is 9.84 Å². The second-order valence-electron chi connectivity index (χ2n) is 4.83. The molecule has 0 saturated carbocycles. The van der Waals surface area contributed by atoms with Gasteiger partial charge in [-0.15, -0.1) is 0 Å². The number of ether oxygens (including phenoxy) is 1. The minimum atomic E-state index is -0.538. The van der Waals surface area contributed by atoms with E-state index in [9.17, 15) is 5.11 Å². The van der Waals surface area contributed by atoms with Crippen LogP contribution < -0.4 is 4.74 Å². The normalized spacial score (nSPS) is 14.0. The highest BCUT2D eigenvalue weighted by atomic mass is 35.5. The fourth-order valence-corrected chi connectivity index (χ4v) is 2.19. The molecule has 108 valence electrons. The zero-order valence-corrected chi connectivity index (χ0v) is 12.4. The van der Waals surface area contributed by atoms with Gasteiger partial charge >= 0.3 is 0 Å². The van der Waals surface area contributed by atoms with Crippen LogP contribution in [-0.4, -0.2) is 27.1 Å². The molecule has 1 aromatic carbocycles. The average molecular weight is 295 g/mol. The van der Waals surface area contributed by atoms with E-state index in [1.54, 1.807) is 18.3 Å². The standard InChI is InChI=1S/C15H19ClN2O2/c1-11(20-14-5-3-4-12(16)10-14)15(19)7-6-13-8-9-17-18(13)2/h3-5,8-11,15,19H,6-7H2,1-2H3. The van der Waals surface area contributed by atoms with Crippen molar-refractivity contribution in [1.29, 1.82) is 0 Å². The van der Waals surface area contributed by atoms with Gasteiger partial charge in [0.05, 0.1) is 6.10 Å². The molecular weight excluding hydrogens is 276 g/mol. The molecule has 0 aliphatic rings. The van der Waals surface area contributed by atoms with Crippen LogP contribution in [0.5, 0.6) is 5.75 Å². The summed E-state index contributed by atoms with van der Waals surface area (Å²) in [6, 6.07) is 9.14. The van der Waals surface area contributed by atoms with Crippen LogP contribution in [0.3, 0.4) is 0 Å². The Hall–Kier alpha value is -1.52. The summed E-state index contributed by atoms with van der Waals surface area (Å²) in [6.07, 6.45) is 2.32. The Kier molecular flexibility index (Phi) is 5.04. The Labute approximate surface area is 123 Å². The van der Waals surface area contributed by atoms with E-state index in [0.29, 0.717) is 17.2 Å². The van der Waals surface area contributed by atoms with Crippen molar-refractivity contribution in [3.05, 3.63) is 47.2 Å². The van der Waals surface area contributed by atoms with Gasteiger partial charge in [-0.2, -0.15) is 5.10 Å². The number of aromatic nitrogens is 2. The predicted octanol–water partition coefficient (Wildman–Crippen LogP) is 2.83. The third-order valence-corrected chi connectivity index (χ3v) is 3.51. The van der Waals surface area contributed by atoms with Crippen LogP contribution in [-0.2, 0) is 13.5 Å². The molecule has 0 fully saturated rings. The van der Waals surface area contributed by atoms with E-state index in [0.717, 1.165) is 12.1 Å². The third-order valence-electron chi connectivity index (χ3n) is 3.28. The molecule has 1 N–H and O–H groups in total. The number of halogens is 1. The minimum Gasteiger partial charge on any atom is -0.488 e. The first kappa shape index (κ1) is 14.9. The van der Waals surface area contributed by atoms with Crippen LogP contribution in [0.15, 0.2) is 36.5 Å². The van der Waals surface area contributed by atoms with Crippen LogP contribution in [0.1, 0.15) is 19.0 Å². The SMILES string of the molecule is CC(Oc1cccc(Cl)c1)C(O)CCc1ccnn1C. The van der Waals surface area contributed by atoms with Crippen LogP contribution >= 0.6 is 11.6 Å². The monoisotopic (exact) mass is 294 g/mol. The molecule has 5 heteroatoms. The fraction of sp³-hybridized carbons (Fsp3) is 0.400. The maximum Gasteiger partial charge on any atom is 0.122 e. The van der Waals surface area contributed by atoms with E-state index >= 15 is 0 Å². The number of nitrogens with zero attached hydrogens (tertiary/aromatic N) is 2. The Morgan fingerprint density at radius 1 is 1.40 bits per heavy atom. The molecule has 1 heterocycles. The lowest BCUT2D eigenvalue weighted by atomic mass is 10.1. The Balaban J connectivity index is 1.86. The first-order valence-corrected chi connectivity index (χ1v) is 7.01. The molecule has 4 nitrogen and oxygen atoms in total. The molecule has 0 saturated heterocycles. The molecule has 2 rings (SSSR count). The molecular formula is C15H19ClN2O2. The van der Waals surface area contributed by atoms with Crippen LogP contribution in [0, 0.1) is 0 Å². The zero-order chi connectivity index (χ0) is 14.5. The third kappa shape index (κ3) is 3.99. The van der Waals surface area contributed by atoms with Crippen molar-refractivity contribution in [3.8, 4) is 5.75 Å². The highest BCUT2D eigenvalue weighted by Gasteiger charge is 2.16. The lowest BCUT2D eigenvalue weighted by molar-refractivity contribution is 0.0417. The maximum atomic E-state index is 10.2. The van der Waals surface area contributed by atoms with Crippen LogP contribution in [0.25, 0.3) is 0 Å². The van der Waals surface area contributed by atoms with Gasteiger partial charge in [-0.25, -0.2) is 0 Å². The summed E-state index contributed by atoms with van der Waals surface area (Å²) in [5.41, 5.74) is 1.10. The van der Waals surface area contributed by atoms with Gasteiger partial charge in [-0.3, -0.25) is 4.68 Å². The number of aryl methyl sites for hydroxylation is 2. The minimum absolute atomic E-state index is 0.290. The van der Waals surface area contributed by atoms with Gasteiger partial charge in [0.2, 0.25) is 0 Å². The summed E-state index contributed by atoms with van der Waals surface area (Å²) in [4.78, 5) is 0. The van der Waals surface area contributed by atoms with Crippen molar-refractivity contribution in [2.75, 3.05) is 0 Å². The van der Waals surface area contributed by atoms with Crippen LogP contribution in [0.2, 0.25) is 5.02 Å². The molecule has 20 heavy (non-hydrogen) atoms. The summed E-state index contributed by atoms with van der Waals surface area (Å²) in [5.74, 6) is 0.671. The number of hydrogen-bond acceptors (Lipinski definition) is 3. The smallest absolute Gasteiger partial charge is 0.122 e. The molecule has 2 aromatic rings. The van der Waals surface area contributed by atoms with Gasteiger partial charge in [-0.1, -0.05) is 17.7 Å². The topological polar surface area (TPSA) is 47.3 Å². The summed E-state index contributed by atoms with van der Waals surface area (Å²) in [5, 5.41) is 14.9. The summed E-state index contributed by atoms with van der Waals surface area (Å²) >= 11 is 5.90. The number of aliphatic hydroxyl groups excluding tert-OH is 1. The van der Waals surface area contributed by atoms with Gasteiger partial charge in [0.1, 0.15) is 11.9 Å². The molecule has 0 radical (unpaired) electrons. The highest BCUT2D eigenvalue weighted by molar-refractivity contribution is 6.30. The van der Waals surface area contributed by atoms with Crippen molar-refractivity contribution >= 4 is 11.6 Å². The van der Waals surface area contributed by atoms with E-state index in [-0.39, 0.29) is 6.10 Å². The van der Waals surface area contributed by atoms with E-state index in [1.807, 2.05) is 36.9 Å². The quantitative estimate of drug-likeness (QED) is 0.891. The van der Waals surface area contributed by atoms with Crippen molar-refractivity contribution in [3.63, 3.8) is 0 Å². The Morgan fingerprint density at radius 3 is 2.85 bits per heavy atom. The van der Waals surface area contributed by atoms with Crippen molar-refractivity contribution in [2.45, 2.75) is 32.0 Å². The zero-order valence-electron chi connectivity index (χ0n) is 11.7. The number of aliphatic hydroxyl groups is 1. The molecule has 0 aliphatic heterocycles. The number of hydrogen-bond donors (Lipinski definition) is 1. The van der Waals surface area contributed by atoms with E-state index < -0.39 is 6.10 Å². The first-order valence-electron chi connectivity index (χ1n) is 6.63. The van der Waals surface area contributed by atoms with Crippen molar-refractivity contribution in [2.24, 2.45) is 7.05 Å². The van der Waals surface area contributed by atoms with Gasteiger partial charge in [0, 0.05) is 24.0 Å². The van der Waals surface area contributed by atoms with E-state index in [4.69, 9.17) is 16.3 Å². The number of rotatable bonds is 6. The molecule has 0 bridgehead atoms. The fourth-order valence-electron chi connectivity index (χ4n) is 2.01. The van der Waals surface area contributed by atoms with Gasteiger partial charge in [0.15, 0.2) is 0 Å². The second kappa shape index (κ2) is 6.77. The van der Waals surface area contributed by atoms with Crippen molar-refractivity contribution in [1.82, 2.24) is 9.78 Å². The molecule has 0 aliphatic carbocycles. The van der Waals surface area contributed by atoms with Crippen molar-refractivity contribution < 1.29 is 9.84 Å². The predicted molar refractivity (Wildman–Crippen MR) is 79.1 cm³/mol. The van der Waals surface area contributed by atoms with Gasteiger partial charge in [0.25, 0.3) is 0 Å². The molecule has 2 unspecified atom stereocenters. The molecule has 0 amide bonds. The van der Waals surface area contributed by atoms with Gasteiger partial charge in [-0.05, 0) is 44.0 Å². The first-order chi connectivity index (χ1) is 9.56. The lowest BCUT2D eigenvalue weighted by Crippen LogP contribution is -2.29. The number of benzene rings is 1. The Morgan fingerprint density at radius 2 is 2.20 bits per heavy atom. The molecule has 2 atom stereocenters.